The van der Waals surface area contributed by atoms with Crippen molar-refractivity contribution in [2.24, 2.45) is 0 Å². The highest BCUT2D eigenvalue weighted by Crippen LogP contribution is 2.45. The molecule has 2 heterocycles. The Hall–Kier alpha value is -5.36. The highest BCUT2D eigenvalue weighted by Gasteiger charge is 2.22. The second-order valence-corrected chi connectivity index (χ2v) is 8.58. The van der Waals surface area contributed by atoms with Crippen LogP contribution in [0.25, 0.3) is 32.7 Å². The first-order valence-corrected chi connectivity index (χ1v) is 12.0. The van der Waals surface area contributed by atoms with Crippen LogP contribution in [0.2, 0.25) is 0 Å². The lowest BCUT2D eigenvalue weighted by atomic mass is 9.92. The minimum absolute atomic E-state index is 0.327. The van der Waals surface area contributed by atoms with Gasteiger partial charge >= 0.3 is 11.9 Å². The summed E-state index contributed by atoms with van der Waals surface area (Å²) < 4.78 is 11.9. The van der Waals surface area contributed by atoms with Crippen molar-refractivity contribution in [3.8, 4) is 22.6 Å². The van der Waals surface area contributed by atoms with Crippen LogP contribution in [0.1, 0.15) is 20.7 Å². The van der Waals surface area contributed by atoms with E-state index in [1.54, 1.807) is 48.8 Å². The SMILES string of the molecule is O=C(Oc1ccc2ccccc2c1-c1c(OC(=O)c2cccnc2)ccc2ccccc12)c1cccnc1. The summed E-state index contributed by atoms with van der Waals surface area (Å²) in [5, 5.41) is 3.58. The largest absolute Gasteiger partial charge is 0.422 e. The van der Waals surface area contributed by atoms with Gasteiger partial charge in [0.05, 0.1) is 11.1 Å². The Balaban J connectivity index is 1.58. The number of ether oxygens (including phenoxy) is 2. The van der Waals surface area contributed by atoms with Gasteiger partial charge in [-0.25, -0.2) is 9.59 Å². The second-order valence-electron chi connectivity index (χ2n) is 8.58. The predicted octanol–water partition coefficient (Wildman–Crippen LogP) is 6.89. The van der Waals surface area contributed by atoms with E-state index in [1.807, 2.05) is 60.7 Å². The highest BCUT2D eigenvalue weighted by atomic mass is 16.5. The number of hydrogen-bond acceptors (Lipinski definition) is 6. The first kappa shape index (κ1) is 23.1. The van der Waals surface area contributed by atoms with Gasteiger partial charge in [-0.15, -0.1) is 0 Å². The summed E-state index contributed by atoms with van der Waals surface area (Å²) in [5.41, 5.74) is 1.94. The monoisotopic (exact) mass is 496 g/mol. The first-order valence-electron chi connectivity index (χ1n) is 12.0. The fourth-order valence-corrected chi connectivity index (χ4v) is 4.47. The molecular formula is C32H20N2O4. The number of fused-ring (bicyclic) bond motifs is 2. The van der Waals surface area contributed by atoms with Gasteiger partial charge in [-0.1, -0.05) is 60.7 Å². The maximum atomic E-state index is 13.1. The standard InChI is InChI=1S/C32H20N2O4/c35-31(23-9-5-17-33-19-23)37-27-15-13-21-7-1-3-11-25(21)29(27)30-26-12-4-2-8-22(26)14-16-28(30)38-32(36)24-10-6-18-34-20-24/h1-20H. The summed E-state index contributed by atoms with van der Waals surface area (Å²) in [4.78, 5) is 34.2. The van der Waals surface area contributed by atoms with Crippen molar-refractivity contribution < 1.29 is 19.1 Å². The summed E-state index contributed by atoms with van der Waals surface area (Å²) in [6.45, 7) is 0. The quantitative estimate of drug-likeness (QED) is 0.191. The Morgan fingerprint density at radius 3 is 1.37 bits per heavy atom. The van der Waals surface area contributed by atoms with Crippen LogP contribution in [0.15, 0.2) is 122 Å². The molecule has 0 spiro atoms. The zero-order valence-electron chi connectivity index (χ0n) is 20.1. The summed E-state index contributed by atoms with van der Waals surface area (Å²) in [6.07, 6.45) is 6.11. The minimum atomic E-state index is -0.538. The van der Waals surface area contributed by atoms with Crippen molar-refractivity contribution in [1.29, 1.82) is 0 Å². The predicted molar refractivity (Wildman–Crippen MR) is 145 cm³/mol. The van der Waals surface area contributed by atoms with Crippen molar-refractivity contribution in [3.63, 3.8) is 0 Å². The Kier molecular flexibility index (Phi) is 6.04. The van der Waals surface area contributed by atoms with Crippen LogP contribution < -0.4 is 9.47 Å². The fourth-order valence-electron chi connectivity index (χ4n) is 4.47. The molecule has 6 nitrogen and oxygen atoms in total. The molecule has 4 aromatic carbocycles. The lowest BCUT2D eigenvalue weighted by Gasteiger charge is -2.18. The highest BCUT2D eigenvalue weighted by molar-refractivity contribution is 6.11. The molecule has 0 atom stereocenters. The van der Waals surface area contributed by atoms with Crippen LogP contribution in [0.4, 0.5) is 0 Å². The summed E-state index contributed by atoms with van der Waals surface area (Å²) in [7, 11) is 0. The van der Waals surface area contributed by atoms with Gasteiger partial charge in [0, 0.05) is 35.9 Å². The number of nitrogens with zero attached hydrogens (tertiary/aromatic N) is 2. The van der Waals surface area contributed by atoms with E-state index in [0.29, 0.717) is 33.8 Å². The van der Waals surface area contributed by atoms with E-state index in [0.717, 1.165) is 21.5 Å². The van der Waals surface area contributed by atoms with Gasteiger partial charge in [0.15, 0.2) is 0 Å². The molecule has 0 N–H and O–H groups in total. The molecule has 6 heteroatoms. The number of esters is 2. The average Bonchev–Trinajstić information content (AvgIpc) is 2.98. The van der Waals surface area contributed by atoms with Crippen LogP contribution in [0.3, 0.4) is 0 Å². The molecule has 6 rings (SSSR count). The fraction of sp³-hybridized carbons (Fsp3) is 0. The van der Waals surface area contributed by atoms with Crippen molar-refractivity contribution in [2.45, 2.75) is 0 Å². The van der Waals surface area contributed by atoms with Crippen molar-refractivity contribution in [3.05, 3.63) is 133 Å². The molecule has 0 radical (unpaired) electrons. The van der Waals surface area contributed by atoms with Crippen molar-refractivity contribution in [2.75, 3.05) is 0 Å². The smallest absolute Gasteiger partial charge is 0.345 e. The molecule has 0 bridgehead atoms. The van der Waals surface area contributed by atoms with E-state index < -0.39 is 11.9 Å². The van der Waals surface area contributed by atoms with E-state index in [-0.39, 0.29) is 0 Å². The van der Waals surface area contributed by atoms with Gasteiger partial charge in [0.2, 0.25) is 0 Å². The van der Waals surface area contributed by atoms with Gasteiger partial charge in [0.25, 0.3) is 0 Å². The summed E-state index contributed by atoms with van der Waals surface area (Å²) >= 11 is 0. The van der Waals surface area contributed by atoms with Crippen LogP contribution in [-0.4, -0.2) is 21.9 Å². The summed E-state index contributed by atoms with van der Waals surface area (Å²) in [5.74, 6) is -0.396. The van der Waals surface area contributed by atoms with E-state index >= 15 is 0 Å². The molecule has 2 aromatic heterocycles. The lowest BCUT2D eigenvalue weighted by molar-refractivity contribution is 0.0723. The Morgan fingerprint density at radius 1 is 0.500 bits per heavy atom. The number of carbonyl (C=O) groups is 2. The third-order valence-corrected chi connectivity index (χ3v) is 6.23. The molecule has 38 heavy (non-hydrogen) atoms. The molecule has 6 aromatic rings. The van der Waals surface area contributed by atoms with Gasteiger partial charge in [0.1, 0.15) is 11.5 Å². The van der Waals surface area contributed by atoms with Gasteiger partial charge in [-0.05, 0) is 57.9 Å². The molecule has 0 fully saturated rings. The third kappa shape index (κ3) is 4.35. The van der Waals surface area contributed by atoms with Crippen molar-refractivity contribution in [1.82, 2.24) is 9.97 Å². The second kappa shape index (κ2) is 9.95. The molecule has 0 saturated carbocycles. The maximum absolute atomic E-state index is 13.1. The Morgan fingerprint density at radius 2 is 0.947 bits per heavy atom. The van der Waals surface area contributed by atoms with Crippen LogP contribution in [-0.2, 0) is 0 Å². The molecular weight excluding hydrogens is 476 g/mol. The van der Waals surface area contributed by atoms with Gasteiger partial charge < -0.3 is 9.47 Å². The third-order valence-electron chi connectivity index (χ3n) is 6.23. The molecule has 182 valence electrons. The minimum Gasteiger partial charge on any atom is -0.422 e. The molecule has 0 aliphatic rings. The maximum Gasteiger partial charge on any atom is 0.345 e. The van der Waals surface area contributed by atoms with Crippen LogP contribution in [0.5, 0.6) is 11.5 Å². The summed E-state index contributed by atoms with van der Waals surface area (Å²) in [6, 6.07) is 29.6. The number of aromatic nitrogens is 2. The Bertz CT molecular complexity index is 1670. The number of rotatable bonds is 5. The number of benzene rings is 4. The van der Waals surface area contributed by atoms with E-state index in [1.165, 1.54) is 12.4 Å². The topological polar surface area (TPSA) is 78.4 Å². The zero-order chi connectivity index (χ0) is 25.9. The molecule has 0 aliphatic heterocycles. The molecule has 0 saturated heterocycles. The number of carbonyl (C=O) groups excluding carboxylic acids is 2. The first-order chi connectivity index (χ1) is 18.7. The molecule has 0 amide bonds. The van der Waals surface area contributed by atoms with Gasteiger partial charge in [-0.2, -0.15) is 0 Å². The van der Waals surface area contributed by atoms with Crippen LogP contribution >= 0.6 is 0 Å². The molecule has 0 aliphatic carbocycles. The van der Waals surface area contributed by atoms with E-state index in [2.05, 4.69) is 9.97 Å². The number of pyridine rings is 2. The van der Waals surface area contributed by atoms with E-state index in [9.17, 15) is 9.59 Å². The zero-order valence-corrected chi connectivity index (χ0v) is 20.1. The normalized spacial score (nSPS) is 10.8. The number of hydrogen-bond donors (Lipinski definition) is 0. The average molecular weight is 497 g/mol. The van der Waals surface area contributed by atoms with Crippen molar-refractivity contribution >= 4 is 33.5 Å². The lowest BCUT2D eigenvalue weighted by Crippen LogP contribution is -2.11. The van der Waals surface area contributed by atoms with Crippen LogP contribution in [0, 0.1) is 0 Å². The van der Waals surface area contributed by atoms with Gasteiger partial charge in [-0.3, -0.25) is 9.97 Å². The van der Waals surface area contributed by atoms with E-state index in [4.69, 9.17) is 9.47 Å². The Labute approximate surface area is 218 Å². The molecule has 0 unspecified atom stereocenters.